The molecule has 2 bridgehead atoms. The number of phenols is 1. The number of aromatic nitrogens is 1. The quantitative estimate of drug-likeness (QED) is 0.114. The van der Waals surface area contributed by atoms with Crippen molar-refractivity contribution in [3.8, 4) is 11.5 Å². The molecule has 11 heteroatoms. The van der Waals surface area contributed by atoms with Crippen molar-refractivity contribution in [2.24, 2.45) is 5.92 Å². The number of amides is 1. The number of phenolic OH excluding ortho intramolecular Hbond substituents is 1. The number of aryl methyl sites for hydroxylation is 1. The van der Waals surface area contributed by atoms with Gasteiger partial charge in [0.1, 0.15) is 24.2 Å². The summed E-state index contributed by atoms with van der Waals surface area (Å²) in [4.78, 5) is 44.4. The van der Waals surface area contributed by atoms with E-state index in [1.807, 2.05) is 48.5 Å². The zero-order valence-corrected chi connectivity index (χ0v) is 29.9. The summed E-state index contributed by atoms with van der Waals surface area (Å²) in [6, 6.07) is 28.8. The van der Waals surface area contributed by atoms with Gasteiger partial charge in [0.15, 0.2) is 5.54 Å². The van der Waals surface area contributed by atoms with Gasteiger partial charge in [-0.05, 0) is 109 Å². The van der Waals surface area contributed by atoms with Gasteiger partial charge in [-0.3, -0.25) is 14.5 Å². The maximum absolute atomic E-state index is 14.0. The number of hydrogen-bond acceptors (Lipinski definition) is 9. The van der Waals surface area contributed by atoms with Gasteiger partial charge in [0.25, 0.3) is 5.91 Å². The van der Waals surface area contributed by atoms with E-state index in [1.54, 1.807) is 36.4 Å². The van der Waals surface area contributed by atoms with Crippen LogP contribution in [0.4, 0.5) is 0 Å². The minimum Gasteiger partial charge on any atom is -0.506 e. The molecule has 3 fully saturated rings. The third-order valence-electron chi connectivity index (χ3n) is 11.3. The fourth-order valence-corrected chi connectivity index (χ4v) is 8.19. The number of aromatic amines is 1. The Hall–Kier alpha value is -5.49. The summed E-state index contributed by atoms with van der Waals surface area (Å²) in [6.45, 7) is 3.99. The van der Waals surface area contributed by atoms with Crippen LogP contribution in [-0.4, -0.2) is 64.3 Å². The zero-order chi connectivity index (χ0) is 37.2. The summed E-state index contributed by atoms with van der Waals surface area (Å²) in [6.07, 6.45) is 2.21. The van der Waals surface area contributed by atoms with Crippen LogP contribution in [-0.2, 0) is 34.6 Å². The first kappa shape index (κ1) is 35.5. The number of aliphatic hydroxyl groups excluding tert-OH is 1. The van der Waals surface area contributed by atoms with Crippen LogP contribution in [0.15, 0.2) is 102 Å². The van der Waals surface area contributed by atoms with Crippen molar-refractivity contribution >= 4 is 22.8 Å². The lowest BCUT2D eigenvalue weighted by Gasteiger charge is -2.45. The first-order valence-electron chi connectivity index (χ1n) is 18.6. The fourth-order valence-electron chi connectivity index (χ4n) is 8.19. The molecule has 0 spiro atoms. The summed E-state index contributed by atoms with van der Waals surface area (Å²) in [7, 11) is 0. The number of carbonyl (C=O) groups is 2. The second-order valence-corrected chi connectivity index (χ2v) is 14.7. The summed E-state index contributed by atoms with van der Waals surface area (Å²) in [5, 5.41) is 27.9. The standard InChI is InChI=1S/C43H44N4O7/c48-36-15-13-33(34-14-16-39(50)45-40(34)36)37(49)24-44-23-27-5-7-28(8-6-27)26-53-32-11-9-31(10-12-32)41(51)46-43(20-17-29-3-1-2-4-35(29)43)42(52)54-38-25-47-21-18-30(38)19-22-47/h1-16,30,37-38,44,48-49H,17-26H2,(H,45,50)(H,46,51)/t37-,38-,43?/m0/s1. The number of aromatic hydroxyl groups is 1. The number of pyridine rings is 1. The number of esters is 1. The first-order chi connectivity index (χ1) is 26.3. The Kier molecular flexibility index (Phi) is 9.93. The third kappa shape index (κ3) is 7.22. The topological polar surface area (TPSA) is 153 Å². The monoisotopic (exact) mass is 728 g/mol. The van der Waals surface area contributed by atoms with E-state index in [0.717, 1.165) is 54.7 Å². The SMILES string of the molecule is O=C(NC1(C(=O)O[C@H]2CN3CCC2CC3)CCc2ccccc21)c1ccc(OCc2ccc(CNC[C@H](O)c3ccc(O)c4[nH]c(=O)ccc34)cc2)cc1. The van der Waals surface area contributed by atoms with E-state index in [0.29, 0.717) is 59.7 Å². The maximum atomic E-state index is 14.0. The highest BCUT2D eigenvalue weighted by Crippen LogP contribution is 2.40. The highest BCUT2D eigenvalue weighted by Gasteiger charge is 2.50. The van der Waals surface area contributed by atoms with E-state index in [4.69, 9.17) is 9.47 Å². The average molecular weight is 729 g/mol. The summed E-state index contributed by atoms with van der Waals surface area (Å²) in [5.41, 5.74) is 3.63. The molecule has 0 radical (unpaired) electrons. The minimum atomic E-state index is -1.24. The lowest BCUT2D eigenvalue weighted by Crippen LogP contribution is -2.56. The number of hydrogen-bond donors (Lipinski definition) is 5. The highest BCUT2D eigenvalue weighted by atomic mass is 16.5. The molecule has 1 amide bonds. The molecule has 4 aromatic carbocycles. The number of rotatable bonds is 12. The van der Waals surface area contributed by atoms with Crippen molar-refractivity contribution in [2.45, 2.75) is 56.6 Å². The Labute approximate surface area is 312 Å². The van der Waals surface area contributed by atoms with E-state index >= 15 is 0 Å². The van der Waals surface area contributed by atoms with Gasteiger partial charge in [0.05, 0.1) is 11.6 Å². The van der Waals surface area contributed by atoms with Crippen molar-refractivity contribution in [1.82, 2.24) is 20.5 Å². The molecule has 11 nitrogen and oxygen atoms in total. The van der Waals surface area contributed by atoms with Crippen molar-refractivity contribution < 1.29 is 29.3 Å². The van der Waals surface area contributed by atoms with E-state index in [9.17, 15) is 24.6 Å². The van der Waals surface area contributed by atoms with Crippen molar-refractivity contribution in [3.63, 3.8) is 0 Å². The predicted molar refractivity (Wildman–Crippen MR) is 203 cm³/mol. The number of ether oxygens (including phenoxy) is 2. The molecular weight excluding hydrogens is 684 g/mol. The molecule has 278 valence electrons. The van der Waals surface area contributed by atoms with Crippen LogP contribution in [0, 0.1) is 5.92 Å². The first-order valence-corrected chi connectivity index (χ1v) is 18.6. The van der Waals surface area contributed by atoms with Crippen LogP contribution in [0.1, 0.15) is 63.5 Å². The molecule has 3 atom stereocenters. The van der Waals surface area contributed by atoms with Gasteiger partial charge < -0.3 is 35.3 Å². The Balaban J connectivity index is 0.850. The van der Waals surface area contributed by atoms with Gasteiger partial charge in [-0.2, -0.15) is 0 Å². The smallest absolute Gasteiger partial charge is 0.336 e. The highest BCUT2D eigenvalue weighted by molar-refractivity contribution is 5.99. The van der Waals surface area contributed by atoms with Crippen LogP contribution in [0.5, 0.6) is 11.5 Å². The van der Waals surface area contributed by atoms with Gasteiger partial charge in [0.2, 0.25) is 5.56 Å². The van der Waals surface area contributed by atoms with Crippen LogP contribution in [0.2, 0.25) is 0 Å². The second kappa shape index (κ2) is 15.1. The number of fused-ring (bicyclic) bond motifs is 5. The fraction of sp³-hybridized carbons (Fsp3) is 0.326. The summed E-state index contributed by atoms with van der Waals surface area (Å²) >= 11 is 0. The van der Waals surface area contributed by atoms with Gasteiger partial charge in [-0.15, -0.1) is 0 Å². The number of carbonyl (C=O) groups excluding carboxylic acids is 2. The van der Waals surface area contributed by atoms with E-state index in [1.165, 1.54) is 12.1 Å². The van der Waals surface area contributed by atoms with E-state index < -0.39 is 11.6 Å². The molecule has 54 heavy (non-hydrogen) atoms. The normalized spacial score (nSPS) is 22.1. The number of aliphatic hydroxyl groups is 1. The largest absolute Gasteiger partial charge is 0.506 e. The van der Waals surface area contributed by atoms with E-state index in [-0.39, 0.29) is 35.8 Å². The molecule has 0 saturated carbocycles. The Morgan fingerprint density at radius 1 is 0.926 bits per heavy atom. The molecule has 4 heterocycles. The lowest BCUT2D eigenvalue weighted by atomic mass is 9.85. The van der Waals surface area contributed by atoms with Gasteiger partial charge >= 0.3 is 5.97 Å². The zero-order valence-electron chi connectivity index (χ0n) is 29.9. The molecule has 3 aliphatic heterocycles. The number of piperidine rings is 3. The Bertz CT molecular complexity index is 2210. The molecular formula is C43H44N4O7. The number of nitrogens with zero attached hydrogens (tertiary/aromatic N) is 1. The van der Waals surface area contributed by atoms with Gasteiger partial charge in [0, 0.05) is 36.7 Å². The molecule has 1 unspecified atom stereocenters. The number of nitrogens with one attached hydrogen (secondary N) is 3. The van der Waals surface area contributed by atoms with E-state index in [2.05, 4.69) is 20.5 Å². The third-order valence-corrected chi connectivity index (χ3v) is 11.3. The minimum absolute atomic E-state index is 0.0472. The van der Waals surface area contributed by atoms with Crippen molar-refractivity contribution in [3.05, 3.63) is 141 Å². The molecule has 4 aliphatic rings. The molecule has 1 aromatic heterocycles. The molecule has 3 saturated heterocycles. The predicted octanol–water partition coefficient (Wildman–Crippen LogP) is 4.84. The molecule has 9 rings (SSSR count). The van der Waals surface area contributed by atoms with Crippen LogP contribution >= 0.6 is 0 Å². The maximum Gasteiger partial charge on any atom is 0.336 e. The van der Waals surface area contributed by atoms with Crippen LogP contribution < -0.4 is 20.9 Å². The molecule has 5 N–H and O–H groups in total. The summed E-state index contributed by atoms with van der Waals surface area (Å²) < 4.78 is 12.3. The summed E-state index contributed by atoms with van der Waals surface area (Å²) in [5.74, 6) is 0.218. The van der Waals surface area contributed by atoms with Crippen LogP contribution in [0.3, 0.4) is 0 Å². The second-order valence-electron chi connectivity index (χ2n) is 14.7. The lowest BCUT2D eigenvalue weighted by molar-refractivity contribution is -0.167. The number of H-pyrrole nitrogens is 1. The van der Waals surface area contributed by atoms with Crippen molar-refractivity contribution in [1.29, 1.82) is 0 Å². The van der Waals surface area contributed by atoms with Crippen LogP contribution in [0.25, 0.3) is 10.9 Å². The van der Waals surface area contributed by atoms with Gasteiger partial charge in [-0.25, -0.2) is 4.79 Å². The average Bonchev–Trinajstić information content (AvgIpc) is 3.57. The molecule has 5 aromatic rings. The Morgan fingerprint density at radius 2 is 1.69 bits per heavy atom. The van der Waals surface area contributed by atoms with Gasteiger partial charge in [-0.1, -0.05) is 54.6 Å². The molecule has 1 aliphatic carbocycles. The Morgan fingerprint density at radius 3 is 2.44 bits per heavy atom. The van der Waals surface area contributed by atoms with Crippen molar-refractivity contribution in [2.75, 3.05) is 26.2 Å². The number of benzene rings is 4.